The van der Waals surface area contributed by atoms with E-state index in [1.807, 2.05) is 0 Å². The highest BCUT2D eigenvalue weighted by molar-refractivity contribution is 6.33. The molecule has 2 aromatic carbocycles. The molecule has 0 saturated carbocycles. The van der Waals surface area contributed by atoms with Crippen molar-refractivity contribution >= 4 is 35.0 Å². The Bertz CT molecular complexity index is 870. The van der Waals surface area contributed by atoms with Gasteiger partial charge in [-0.3, -0.25) is 25.2 Å². The number of methoxy groups -OCH3 is 1. The average molecular weight is 388 g/mol. The fraction of sp³-hybridized carbons (Fsp3) is 0.211. The Labute approximate surface area is 161 Å². The summed E-state index contributed by atoms with van der Waals surface area (Å²) in [6.45, 7) is 0.235. The molecule has 0 spiro atoms. The normalized spacial score (nSPS) is 16.1. The number of nitrogens with one attached hydrogen (secondary N) is 2. The molecule has 27 heavy (non-hydrogen) atoms. The Kier molecular flexibility index (Phi) is 5.61. The smallest absolute Gasteiger partial charge is 0.271 e. The first kappa shape index (κ1) is 18.7. The van der Waals surface area contributed by atoms with E-state index in [1.54, 1.807) is 60.5 Å². The third kappa shape index (κ3) is 4.20. The fourth-order valence-corrected chi connectivity index (χ4v) is 3.05. The maximum absolute atomic E-state index is 12.3. The quantitative estimate of drug-likeness (QED) is 0.787. The van der Waals surface area contributed by atoms with Gasteiger partial charge in [-0.05, 0) is 36.4 Å². The van der Waals surface area contributed by atoms with Gasteiger partial charge < -0.3 is 9.64 Å². The second kappa shape index (κ2) is 8.09. The lowest BCUT2D eigenvalue weighted by Gasteiger charge is -2.17. The lowest BCUT2D eigenvalue weighted by molar-refractivity contribution is -0.126. The first-order valence-electron chi connectivity index (χ1n) is 8.28. The molecule has 8 heteroatoms. The van der Waals surface area contributed by atoms with Crippen molar-refractivity contribution in [2.75, 3.05) is 18.6 Å². The number of hydrogen-bond acceptors (Lipinski definition) is 4. The van der Waals surface area contributed by atoms with Crippen LogP contribution in [0.3, 0.4) is 0 Å². The van der Waals surface area contributed by atoms with Crippen LogP contribution in [-0.4, -0.2) is 31.4 Å². The molecule has 1 saturated heterocycles. The number of nitrogens with zero attached hydrogens (tertiary/aromatic N) is 1. The molecule has 0 aromatic heterocycles. The zero-order chi connectivity index (χ0) is 19.4. The molecule has 0 unspecified atom stereocenters. The number of rotatable bonds is 4. The summed E-state index contributed by atoms with van der Waals surface area (Å²) >= 11 is 5.96. The van der Waals surface area contributed by atoms with E-state index in [0.29, 0.717) is 11.4 Å². The van der Waals surface area contributed by atoms with Crippen molar-refractivity contribution < 1.29 is 19.1 Å². The molecule has 2 aromatic rings. The van der Waals surface area contributed by atoms with E-state index in [4.69, 9.17) is 16.3 Å². The van der Waals surface area contributed by atoms with Crippen LogP contribution in [0, 0.1) is 5.92 Å². The zero-order valence-electron chi connectivity index (χ0n) is 14.6. The standard InChI is InChI=1S/C19H18ClN3O4/c1-27-14-8-6-13(7-9-14)23-11-12(10-17(23)24)18(25)21-22-19(26)15-4-2-3-5-16(15)20/h2-9,12H,10-11H2,1H3,(H,21,25)(H,22,26)/t12-/m0/s1. The van der Waals surface area contributed by atoms with E-state index in [-0.39, 0.29) is 29.5 Å². The third-order valence-electron chi connectivity index (χ3n) is 4.30. The highest BCUT2D eigenvalue weighted by atomic mass is 35.5. The lowest BCUT2D eigenvalue weighted by Crippen LogP contribution is -2.45. The first-order chi connectivity index (χ1) is 13.0. The molecular weight excluding hydrogens is 370 g/mol. The van der Waals surface area contributed by atoms with Crippen molar-refractivity contribution in [2.45, 2.75) is 6.42 Å². The molecule has 3 rings (SSSR count). The van der Waals surface area contributed by atoms with E-state index in [1.165, 1.54) is 0 Å². The number of hydrogen-bond donors (Lipinski definition) is 2. The van der Waals surface area contributed by atoms with Crippen molar-refractivity contribution in [3.8, 4) is 5.75 Å². The van der Waals surface area contributed by atoms with Gasteiger partial charge in [0.15, 0.2) is 0 Å². The van der Waals surface area contributed by atoms with Crippen LogP contribution < -0.4 is 20.5 Å². The number of carbonyl (C=O) groups excluding carboxylic acids is 3. The Morgan fingerprint density at radius 2 is 1.81 bits per heavy atom. The Hall–Kier alpha value is -3.06. The average Bonchev–Trinajstić information content (AvgIpc) is 3.08. The molecule has 140 valence electrons. The fourth-order valence-electron chi connectivity index (χ4n) is 2.83. The first-order valence-corrected chi connectivity index (χ1v) is 8.66. The number of amides is 3. The van der Waals surface area contributed by atoms with Crippen LogP contribution in [0.1, 0.15) is 16.8 Å². The van der Waals surface area contributed by atoms with Crippen LogP contribution in [0.5, 0.6) is 5.75 Å². The number of anilines is 1. The number of halogens is 1. The van der Waals surface area contributed by atoms with Gasteiger partial charge in [0.1, 0.15) is 5.75 Å². The van der Waals surface area contributed by atoms with E-state index in [2.05, 4.69) is 10.9 Å². The van der Waals surface area contributed by atoms with Crippen LogP contribution in [0.25, 0.3) is 0 Å². The molecule has 0 aliphatic carbocycles. The van der Waals surface area contributed by atoms with Crippen LogP contribution in [0.15, 0.2) is 48.5 Å². The van der Waals surface area contributed by atoms with Crippen molar-refractivity contribution in [2.24, 2.45) is 5.92 Å². The van der Waals surface area contributed by atoms with Gasteiger partial charge in [0.05, 0.1) is 23.6 Å². The van der Waals surface area contributed by atoms with Crippen LogP contribution in [0.2, 0.25) is 5.02 Å². The van der Waals surface area contributed by atoms with Gasteiger partial charge in [-0.2, -0.15) is 0 Å². The predicted molar refractivity (Wildman–Crippen MR) is 101 cm³/mol. The van der Waals surface area contributed by atoms with Gasteiger partial charge in [-0.15, -0.1) is 0 Å². The van der Waals surface area contributed by atoms with Crippen LogP contribution >= 0.6 is 11.6 Å². The molecule has 1 atom stereocenters. The van der Waals surface area contributed by atoms with Crippen molar-refractivity contribution in [1.82, 2.24) is 10.9 Å². The SMILES string of the molecule is COc1ccc(N2C[C@@H](C(=O)NNC(=O)c3ccccc3Cl)CC2=O)cc1. The topological polar surface area (TPSA) is 87.7 Å². The van der Waals surface area contributed by atoms with Crippen LogP contribution in [0.4, 0.5) is 5.69 Å². The molecule has 2 N–H and O–H groups in total. The molecule has 7 nitrogen and oxygen atoms in total. The van der Waals surface area contributed by atoms with E-state index in [9.17, 15) is 14.4 Å². The number of benzene rings is 2. The Morgan fingerprint density at radius 1 is 1.11 bits per heavy atom. The lowest BCUT2D eigenvalue weighted by atomic mass is 10.1. The summed E-state index contributed by atoms with van der Waals surface area (Å²) in [6.07, 6.45) is 0.0693. The molecule has 1 aliphatic heterocycles. The molecule has 3 amide bonds. The summed E-state index contributed by atoms with van der Waals surface area (Å²) in [6, 6.07) is 13.5. The minimum absolute atomic E-state index is 0.0693. The summed E-state index contributed by atoms with van der Waals surface area (Å²) in [5.41, 5.74) is 5.64. The third-order valence-corrected chi connectivity index (χ3v) is 4.63. The van der Waals surface area contributed by atoms with E-state index < -0.39 is 17.7 Å². The van der Waals surface area contributed by atoms with Crippen LogP contribution in [-0.2, 0) is 9.59 Å². The second-order valence-corrected chi connectivity index (χ2v) is 6.43. The molecule has 0 bridgehead atoms. The monoisotopic (exact) mass is 387 g/mol. The highest BCUT2D eigenvalue weighted by Gasteiger charge is 2.35. The summed E-state index contributed by atoms with van der Waals surface area (Å²) in [5.74, 6) is -0.990. The Morgan fingerprint density at radius 3 is 2.48 bits per heavy atom. The molecule has 1 fully saturated rings. The van der Waals surface area contributed by atoms with Crippen molar-refractivity contribution in [3.05, 3.63) is 59.1 Å². The minimum atomic E-state index is -0.564. The summed E-state index contributed by atoms with van der Waals surface area (Å²) < 4.78 is 5.10. The van der Waals surface area contributed by atoms with Gasteiger partial charge in [0.2, 0.25) is 11.8 Å². The molecule has 1 aliphatic rings. The number of ether oxygens (including phenoxy) is 1. The van der Waals surface area contributed by atoms with Gasteiger partial charge in [-0.25, -0.2) is 0 Å². The Balaban J connectivity index is 1.58. The summed E-state index contributed by atoms with van der Waals surface area (Å²) in [7, 11) is 1.56. The molecule has 1 heterocycles. The predicted octanol–water partition coefficient (Wildman–Crippen LogP) is 2.16. The maximum Gasteiger partial charge on any atom is 0.271 e. The highest BCUT2D eigenvalue weighted by Crippen LogP contribution is 2.26. The zero-order valence-corrected chi connectivity index (χ0v) is 15.3. The van der Waals surface area contributed by atoms with Gasteiger partial charge in [-0.1, -0.05) is 23.7 Å². The van der Waals surface area contributed by atoms with Crippen molar-refractivity contribution in [1.29, 1.82) is 0 Å². The second-order valence-electron chi connectivity index (χ2n) is 6.03. The minimum Gasteiger partial charge on any atom is -0.497 e. The van der Waals surface area contributed by atoms with E-state index in [0.717, 1.165) is 0 Å². The maximum atomic E-state index is 12.3. The summed E-state index contributed by atoms with van der Waals surface area (Å²) in [5, 5.41) is 0.283. The largest absolute Gasteiger partial charge is 0.497 e. The number of hydrazine groups is 1. The van der Waals surface area contributed by atoms with Crippen molar-refractivity contribution in [3.63, 3.8) is 0 Å². The molecular formula is C19H18ClN3O4. The van der Waals surface area contributed by atoms with Gasteiger partial charge >= 0.3 is 0 Å². The summed E-state index contributed by atoms with van der Waals surface area (Å²) in [4.78, 5) is 38.2. The van der Waals surface area contributed by atoms with E-state index >= 15 is 0 Å². The number of carbonyl (C=O) groups is 3. The van der Waals surface area contributed by atoms with Gasteiger partial charge in [0, 0.05) is 18.7 Å². The van der Waals surface area contributed by atoms with Gasteiger partial charge in [0.25, 0.3) is 5.91 Å². The molecule has 0 radical (unpaired) electrons.